The molecule has 0 saturated carbocycles. The average molecular weight is 253 g/mol. The van der Waals surface area contributed by atoms with Gasteiger partial charge in [0.15, 0.2) is 0 Å². The van der Waals surface area contributed by atoms with Crippen LogP contribution in [0.5, 0.6) is 0 Å². The highest BCUT2D eigenvalue weighted by atomic mass is 32.1. The van der Waals surface area contributed by atoms with E-state index in [1.54, 1.807) is 11.3 Å². The van der Waals surface area contributed by atoms with Crippen LogP contribution in [0.25, 0.3) is 0 Å². The molecule has 1 aliphatic rings. The summed E-state index contributed by atoms with van der Waals surface area (Å²) < 4.78 is 5.76. The third-order valence-corrected chi connectivity index (χ3v) is 4.14. The fraction of sp³-hybridized carbons (Fsp3) is 0.714. The molecule has 0 aromatic carbocycles. The second kappa shape index (κ2) is 7.14. The zero-order chi connectivity index (χ0) is 11.9. The highest BCUT2D eigenvalue weighted by Crippen LogP contribution is 2.17. The standard InChI is InChI=1S/C14H23NOS/c1-2-3-14-10-13(5-8-16-14)15-7-4-12-6-9-17-11-12/h6,9,11,13-15H,2-5,7-8,10H2,1H3. The molecule has 0 radical (unpaired) electrons. The first-order valence-electron chi connectivity index (χ1n) is 6.74. The average Bonchev–Trinajstić information content (AvgIpc) is 2.83. The van der Waals surface area contributed by atoms with E-state index < -0.39 is 0 Å². The molecule has 3 heteroatoms. The zero-order valence-corrected chi connectivity index (χ0v) is 11.5. The summed E-state index contributed by atoms with van der Waals surface area (Å²) in [5.74, 6) is 0. The van der Waals surface area contributed by atoms with Crippen LogP contribution in [0.4, 0.5) is 0 Å². The molecule has 1 aromatic heterocycles. The molecule has 1 aromatic rings. The molecule has 2 atom stereocenters. The van der Waals surface area contributed by atoms with Gasteiger partial charge in [-0.05, 0) is 54.6 Å². The van der Waals surface area contributed by atoms with E-state index in [0.29, 0.717) is 12.1 Å². The van der Waals surface area contributed by atoms with E-state index in [4.69, 9.17) is 4.74 Å². The molecule has 0 spiro atoms. The van der Waals surface area contributed by atoms with E-state index in [0.717, 1.165) is 19.6 Å². The van der Waals surface area contributed by atoms with Gasteiger partial charge < -0.3 is 10.1 Å². The second-order valence-corrected chi connectivity index (χ2v) is 5.62. The monoisotopic (exact) mass is 253 g/mol. The molecule has 1 fully saturated rings. The Labute approximate surface area is 108 Å². The van der Waals surface area contributed by atoms with Crippen molar-refractivity contribution in [3.8, 4) is 0 Å². The third kappa shape index (κ3) is 4.41. The highest BCUT2D eigenvalue weighted by molar-refractivity contribution is 7.07. The largest absolute Gasteiger partial charge is 0.378 e. The minimum atomic E-state index is 0.493. The Morgan fingerprint density at radius 1 is 1.53 bits per heavy atom. The van der Waals surface area contributed by atoms with Gasteiger partial charge in [-0.25, -0.2) is 0 Å². The summed E-state index contributed by atoms with van der Waals surface area (Å²) in [7, 11) is 0. The molecular weight excluding hydrogens is 230 g/mol. The van der Waals surface area contributed by atoms with E-state index in [1.807, 2.05) is 0 Å². The normalized spacial score (nSPS) is 25.0. The van der Waals surface area contributed by atoms with Gasteiger partial charge in [0.05, 0.1) is 6.10 Å². The maximum Gasteiger partial charge on any atom is 0.0589 e. The quantitative estimate of drug-likeness (QED) is 0.840. The third-order valence-electron chi connectivity index (χ3n) is 3.40. The Bertz CT molecular complexity index is 297. The Morgan fingerprint density at radius 3 is 3.24 bits per heavy atom. The minimum absolute atomic E-state index is 0.493. The first kappa shape index (κ1) is 13.1. The molecule has 1 aliphatic heterocycles. The molecule has 0 amide bonds. The first-order valence-corrected chi connectivity index (χ1v) is 7.69. The predicted octanol–water partition coefficient (Wildman–Crippen LogP) is 3.23. The summed E-state index contributed by atoms with van der Waals surface area (Å²) in [5.41, 5.74) is 1.46. The summed E-state index contributed by atoms with van der Waals surface area (Å²) in [6, 6.07) is 2.88. The number of hydrogen-bond donors (Lipinski definition) is 1. The lowest BCUT2D eigenvalue weighted by atomic mass is 10.00. The van der Waals surface area contributed by atoms with Crippen molar-refractivity contribution in [2.45, 2.75) is 51.2 Å². The first-order chi connectivity index (χ1) is 8.38. The molecule has 2 unspecified atom stereocenters. The Hall–Kier alpha value is -0.380. The lowest BCUT2D eigenvalue weighted by Crippen LogP contribution is -2.39. The van der Waals surface area contributed by atoms with Gasteiger partial charge in [0, 0.05) is 12.6 Å². The van der Waals surface area contributed by atoms with Gasteiger partial charge in [0.2, 0.25) is 0 Å². The van der Waals surface area contributed by atoms with Crippen molar-refractivity contribution in [1.82, 2.24) is 5.32 Å². The van der Waals surface area contributed by atoms with Gasteiger partial charge in [-0.3, -0.25) is 0 Å². The van der Waals surface area contributed by atoms with Crippen LogP contribution in [-0.4, -0.2) is 25.3 Å². The van der Waals surface area contributed by atoms with Crippen molar-refractivity contribution < 1.29 is 4.74 Å². The topological polar surface area (TPSA) is 21.3 Å². The van der Waals surface area contributed by atoms with Crippen molar-refractivity contribution in [2.24, 2.45) is 0 Å². The van der Waals surface area contributed by atoms with E-state index in [9.17, 15) is 0 Å². The van der Waals surface area contributed by atoms with Crippen LogP contribution >= 0.6 is 11.3 Å². The summed E-state index contributed by atoms with van der Waals surface area (Å²) >= 11 is 1.78. The summed E-state index contributed by atoms with van der Waals surface area (Å²) in [6.07, 6.45) is 6.45. The fourth-order valence-electron chi connectivity index (χ4n) is 2.44. The van der Waals surface area contributed by atoms with Gasteiger partial charge in [-0.1, -0.05) is 13.3 Å². The maximum atomic E-state index is 5.76. The number of rotatable bonds is 6. The van der Waals surface area contributed by atoms with E-state index in [2.05, 4.69) is 29.1 Å². The summed E-state index contributed by atoms with van der Waals surface area (Å²) in [6.45, 7) is 4.26. The van der Waals surface area contributed by atoms with Gasteiger partial charge in [-0.2, -0.15) is 11.3 Å². The van der Waals surface area contributed by atoms with Crippen LogP contribution in [0.3, 0.4) is 0 Å². The lowest BCUT2D eigenvalue weighted by Gasteiger charge is -2.30. The van der Waals surface area contributed by atoms with E-state index in [1.165, 1.54) is 31.2 Å². The van der Waals surface area contributed by atoms with Crippen LogP contribution in [0.15, 0.2) is 16.8 Å². The van der Waals surface area contributed by atoms with Crippen molar-refractivity contribution >= 4 is 11.3 Å². The van der Waals surface area contributed by atoms with Crippen LogP contribution < -0.4 is 5.32 Å². The van der Waals surface area contributed by atoms with Crippen molar-refractivity contribution in [1.29, 1.82) is 0 Å². The van der Waals surface area contributed by atoms with Gasteiger partial charge in [0.25, 0.3) is 0 Å². The van der Waals surface area contributed by atoms with Crippen LogP contribution in [-0.2, 0) is 11.2 Å². The summed E-state index contributed by atoms with van der Waals surface area (Å²) in [5, 5.41) is 8.07. The number of hydrogen-bond acceptors (Lipinski definition) is 3. The smallest absolute Gasteiger partial charge is 0.0589 e. The van der Waals surface area contributed by atoms with Gasteiger partial charge >= 0.3 is 0 Å². The Balaban J connectivity index is 1.65. The molecule has 1 N–H and O–H groups in total. The van der Waals surface area contributed by atoms with E-state index in [-0.39, 0.29) is 0 Å². The number of nitrogens with one attached hydrogen (secondary N) is 1. The number of thiophene rings is 1. The molecule has 96 valence electrons. The van der Waals surface area contributed by atoms with Crippen LogP contribution in [0, 0.1) is 0 Å². The molecule has 1 saturated heterocycles. The van der Waals surface area contributed by atoms with Crippen LogP contribution in [0.1, 0.15) is 38.2 Å². The molecule has 2 heterocycles. The van der Waals surface area contributed by atoms with Crippen LogP contribution in [0.2, 0.25) is 0 Å². The van der Waals surface area contributed by atoms with Gasteiger partial charge in [-0.15, -0.1) is 0 Å². The molecule has 17 heavy (non-hydrogen) atoms. The lowest BCUT2D eigenvalue weighted by molar-refractivity contribution is -0.00300. The fourth-order valence-corrected chi connectivity index (χ4v) is 3.15. The zero-order valence-electron chi connectivity index (χ0n) is 10.7. The second-order valence-electron chi connectivity index (χ2n) is 4.84. The van der Waals surface area contributed by atoms with Gasteiger partial charge in [0.1, 0.15) is 0 Å². The molecule has 2 nitrogen and oxygen atoms in total. The minimum Gasteiger partial charge on any atom is -0.378 e. The molecule has 0 bridgehead atoms. The van der Waals surface area contributed by atoms with Crippen molar-refractivity contribution in [3.05, 3.63) is 22.4 Å². The molecular formula is C14H23NOS. The predicted molar refractivity (Wildman–Crippen MR) is 73.7 cm³/mol. The summed E-state index contributed by atoms with van der Waals surface area (Å²) in [4.78, 5) is 0. The SMILES string of the molecule is CCCC1CC(NCCc2ccsc2)CCO1. The van der Waals surface area contributed by atoms with Crippen molar-refractivity contribution in [2.75, 3.05) is 13.2 Å². The Morgan fingerprint density at radius 2 is 2.47 bits per heavy atom. The molecule has 2 rings (SSSR count). The maximum absolute atomic E-state index is 5.76. The Kier molecular flexibility index (Phi) is 5.49. The molecule has 0 aliphatic carbocycles. The number of ether oxygens (including phenoxy) is 1. The highest BCUT2D eigenvalue weighted by Gasteiger charge is 2.21. The van der Waals surface area contributed by atoms with E-state index >= 15 is 0 Å². The van der Waals surface area contributed by atoms with Crippen molar-refractivity contribution in [3.63, 3.8) is 0 Å².